The van der Waals surface area contributed by atoms with E-state index in [-0.39, 0.29) is 29.6 Å². The summed E-state index contributed by atoms with van der Waals surface area (Å²) in [5.41, 5.74) is -0.220. The van der Waals surface area contributed by atoms with Gasteiger partial charge in [0.1, 0.15) is 5.82 Å². The van der Waals surface area contributed by atoms with Crippen molar-refractivity contribution in [3.8, 4) is 0 Å². The minimum atomic E-state index is -0.793. The van der Waals surface area contributed by atoms with Crippen LogP contribution >= 0.6 is 0 Å². The molecule has 0 aromatic heterocycles. The number of benzene rings is 1. The Morgan fingerprint density at radius 1 is 1.15 bits per heavy atom. The van der Waals surface area contributed by atoms with Gasteiger partial charge in [0.2, 0.25) is 11.8 Å². The molecule has 6 heteroatoms. The maximum Gasteiger partial charge on any atom is 0.225 e. The second-order valence-corrected chi connectivity index (χ2v) is 8.47. The second kappa shape index (κ2) is 6.89. The topological polar surface area (TPSA) is 60.9 Å². The average molecular weight is 374 g/mol. The van der Waals surface area contributed by atoms with E-state index in [1.807, 2.05) is 15.9 Å². The molecule has 3 fully saturated rings. The lowest BCUT2D eigenvalue weighted by molar-refractivity contribution is -0.143. The van der Waals surface area contributed by atoms with E-state index in [1.54, 1.807) is 6.07 Å². The van der Waals surface area contributed by atoms with Gasteiger partial charge in [-0.25, -0.2) is 4.39 Å². The second-order valence-electron chi connectivity index (χ2n) is 8.47. The Balaban J connectivity index is 1.41. The van der Waals surface area contributed by atoms with Crippen LogP contribution in [0.2, 0.25) is 0 Å². The molecule has 1 spiro atoms. The summed E-state index contributed by atoms with van der Waals surface area (Å²) >= 11 is 0. The summed E-state index contributed by atoms with van der Waals surface area (Å²) in [6.45, 7) is 1.65. The molecular weight excluding hydrogens is 347 g/mol. The molecule has 5 nitrogen and oxygen atoms in total. The van der Waals surface area contributed by atoms with Crippen molar-refractivity contribution >= 4 is 11.8 Å². The van der Waals surface area contributed by atoms with Crippen molar-refractivity contribution in [2.45, 2.75) is 69.1 Å². The summed E-state index contributed by atoms with van der Waals surface area (Å²) in [5, 5.41) is 10.2. The number of amides is 2. The van der Waals surface area contributed by atoms with Crippen LogP contribution in [0.25, 0.3) is 0 Å². The van der Waals surface area contributed by atoms with Gasteiger partial charge >= 0.3 is 0 Å². The van der Waals surface area contributed by atoms with Gasteiger partial charge in [0, 0.05) is 31.6 Å². The molecule has 146 valence electrons. The zero-order chi connectivity index (χ0) is 19.1. The van der Waals surface area contributed by atoms with E-state index in [9.17, 15) is 19.1 Å². The van der Waals surface area contributed by atoms with Crippen LogP contribution in [0.5, 0.6) is 0 Å². The number of hydrogen-bond acceptors (Lipinski definition) is 3. The summed E-state index contributed by atoms with van der Waals surface area (Å²) in [5.74, 6) is -0.154. The van der Waals surface area contributed by atoms with Crippen molar-refractivity contribution in [1.29, 1.82) is 0 Å². The normalized spacial score (nSPS) is 23.6. The number of carbonyl (C=O) groups excluding carboxylic acids is 2. The molecule has 2 amide bonds. The Hall–Kier alpha value is -1.95. The molecule has 27 heavy (non-hydrogen) atoms. The van der Waals surface area contributed by atoms with Crippen LogP contribution in [-0.2, 0) is 16.1 Å². The van der Waals surface area contributed by atoms with Crippen molar-refractivity contribution in [1.82, 2.24) is 9.80 Å². The molecule has 2 heterocycles. The van der Waals surface area contributed by atoms with E-state index in [1.165, 1.54) is 12.1 Å². The fraction of sp³-hybridized carbons (Fsp3) is 0.619. The molecule has 0 atom stereocenters. The van der Waals surface area contributed by atoms with E-state index in [4.69, 9.17) is 0 Å². The van der Waals surface area contributed by atoms with Gasteiger partial charge < -0.3 is 14.9 Å². The van der Waals surface area contributed by atoms with Gasteiger partial charge in [-0.2, -0.15) is 0 Å². The van der Waals surface area contributed by atoms with E-state index < -0.39 is 5.60 Å². The van der Waals surface area contributed by atoms with Crippen LogP contribution in [-0.4, -0.2) is 51.0 Å². The number of piperidine rings is 1. The van der Waals surface area contributed by atoms with Gasteiger partial charge in [0.25, 0.3) is 0 Å². The third kappa shape index (κ3) is 3.59. The molecule has 2 aliphatic heterocycles. The predicted octanol–water partition coefficient (Wildman–Crippen LogP) is 2.61. The summed E-state index contributed by atoms with van der Waals surface area (Å²) in [6.07, 6.45) is 5.45. The molecule has 1 aliphatic carbocycles. The SMILES string of the molecule is O=C(CC1(O)CCC1)N1CCC2(CCC(=O)N2Cc2cccc(F)c2)CC1. The van der Waals surface area contributed by atoms with Crippen LogP contribution < -0.4 is 0 Å². The number of nitrogens with zero attached hydrogens (tertiary/aromatic N) is 2. The molecule has 3 aliphatic rings. The van der Waals surface area contributed by atoms with Crippen molar-refractivity contribution in [3.63, 3.8) is 0 Å². The average Bonchev–Trinajstić information content (AvgIpc) is 2.91. The highest BCUT2D eigenvalue weighted by Gasteiger charge is 2.48. The summed E-state index contributed by atoms with van der Waals surface area (Å²) in [7, 11) is 0. The number of rotatable bonds is 4. The Morgan fingerprint density at radius 3 is 2.52 bits per heavy atom. The molecule has 0 radical (unpaired) electrons. The fourth-order valence-electron chi connectivity index (χ4n) is 4.80. The minimum absolute atomic E-state index is 0.0213. The Labute approximate surface area is 159 Å². The van der Waals surface area contributed by atoms with Gasteiger partial charge in [-0.05, 0) is 56.2 Å². The van der Waals surface area contributed by atoms with Crippen molar-refractivity contribution in [2.24, 2.45) is 0 Å². The molecule has 1 N–H and O–H groups in total. The number of aliphatic hydroxyl groups is 1. The monoisotopic (exact) mass is 374 g/mol. The maximum absolute atomic E-state index is 13.5. The quantitative estimate of drug-likeness (QED) is 0.881. The van der Waals surface area contributed by atoms with Crippen LogP contribution in [0.1, 0.15) is 56.9 Å². The van der Waals surface area contributed by atoms with Crippen molar-refractivity contribution in [3.05, 3.63) is 35.6 Å². The van der Waals surface area contributed by atoms with Crippen LogP contribution in [0.3, 0.4) is 0 Å². The fourth-order valence-corrected chi connectivity index (χ4v) is 4.80. The van der Waals surface area contributed by atoms with Crippen molar-refractivity contribution in [2.75, 3.05) is 13.1 Å². The van der Waals surface area contributed by atoms with Gasteiger partial charge in [0.05, 0.1) is 12.0 Å². The molecule has 2 saturated heterocycles. The Morgan fingerprint density at radius 2 is 1.89 bits per heavy atom. The molecule has 1 aromatic carbocycles. The first kappa shape index (κ1) is 18.4. The van der Waals surface area contributed by atoms with Crippen LogP contribution in [0, 0.1) is 5.82 Å². The lowest BCUT2D eigenvalue weighted by atomic mass is 9.77. The number of hydrogen-bond donors (Lipinski definition) is 1. The first-order valence-corrected chi connectivity index (χ1v) is 9.94. The van der Waals surface area contributed by atoms with E-state index in [0.717, 1.165) is 31.2 Å². The standard InChI is InChI=1S/C21H27FN2O3/c22-17-4-1-3-16(13-17)15-24-18(25)5-8-20(24)9-11-23(12-10-20)19(26)14-21(27)6-2-7-21/h1,3-4,13,27H,2,5-12,14-15H2. The third-order valence-electron chi connectivity index (χ3n) is 6.72. The number of carbonyl (C=O) groups is 2. The zero-order valence-corrected chi connectivity index (χ0v) is 15.6. The number of likely N-dealkylation sites (tertiary alicyclic amines) is 2. The minimum Gasteiger partial charge on any atom is -0.389 e. The van der Waals surface area contributed by atoms with Gasteiger partial charge in [-0.1, -0.05) is 12.1 Å². The van der Waals surface area contributed by atoms with Gasteiger partial charge in [-0.3, -0.25) is 9.59 Å². The van der Waals surface area contributed by atoms with Gasteiger partial charge in [-0.15, -0.1) is 0 Å². The summed E-state index contributed by atoms with van der Waals surface area (Å²) in [4.78, 5) is 28.8. The lowest BCUT2D eigenvalue weighted by Crippen LogP contribution is -2.54. The third-order valence-corrected chi connectivity index (χ3v) is 6.72. The van der Waals surface area contributed by atoms with Crippen LogP contribution in [0.4, 0.5) is 4.39 Å². The van der Waals surface area contributed by atoms with Crippen molar-refractivity contribution < 1.29 is 19.1 Å². The molecule has 1 aromatic rings. The molecule has 0 unspecified atom stereocenters. The van der Waals surface area contributed by atoms with E-state index in [0.29, 0.717) is 38.9 Å². The lowest BCUT2D eigenvalue weighted by Gasteiger charge is -2.46. The smallest absolute Gasteiger partial charge is 0.225 e. The first-order chi connectivity index (χ1) is 12.9. The van der Waals surface area contributed by atoms with E-state index >= 15 is 0 Å². The largest absolute Gasteiger partial charge is 0.389 e. The highest BCUT2D eigenvalue weighted by molar-refractivity contribution is 5.80. The molecular formula is C21H27FN2O3. The first-order valence-electron chi connectivity index (χ1n) is 9.94. The van der Waals surface area contributed by atoms with Crippen LogP contribution in [0.15, 0.2) is 24.3 Å². The molecule has 4 rings (SSSR count). The maximum atomic E-state index is 13.5. The molecule has 1 saturated carbocycles. The highest BCUT2D eigenvalue weighted by atomic mass is 19.1. The number of halogens is 1. The van der Waals surface area contributed by atoms with E-state index in [2.05, 4.69) is 0 Å². The summed E-state index contributed by atoms with van der Waals surface area (Å²) < 4.78 is 13.5. The Kier molecular flexibility index (Phi) is 4.70. The molecule has 0 bridgehead atoms. The zero-order valence-electron chi connectivity index (χ0n) is 15.6. The summed E-state index contributed by atoms with van der Waals surface area (Å²) in [6, 6.07) is 6.41. The van der Waals surface area contributed by atoms with Gasteiger partial charge in [0.15, 0.2) is 0 Å². The Bertz CT molecular complexity index is 739. The predicted molar refractivity (Wildman–Crippen MR) is 98.1 cm³/mol. The highest BCUT2D eigenvalue weighted by Crippen LogP contribution is 2.41.